The van der Waals surface area contributed by atoms with Gasteiger partial charge in [0.15, 0.2) is 0 Å². The van der Waals surface area contributed by atoms with Crippen LogP contribution in [0.4, 0.5) is 14.9 Å². The molecule has 0 aliphatic heterocycles. The fourth-order valence-corrected chi connectivity index (χ4v) is 2.72. The van der Waals surface area contributed by atoms with Crippen molar-refractivity contribution in [3.05, 3.63) is 29.2 Å². The summed E-state index contributed by atoms with van der Waals surface area (Å²) in [6, 6.07) is 3.71. The zero-order chi connectivity index (χ0) is 17.9. The third-order valence-corrected chi connectivity index (χ3v) is 3.93. The largest absolute Gasteiger partial charge is 0.761 e. The van der Waals surface area contributed by atoms with E-state index in [9.17, 15) is 14.4 Å². The van der Waals surface area contributed by atoms with Gasteiger partial charge in [-0.1, -0.05) is 0 Å². The van der Waals surface area contributed by atoms with Crippen LogP contribution in [0, 0.1) is 11.0 Å². The van der Waals surface area contributed by atoms with E-state index in [0.29, 0.717) is 12.8 Å². The van der Waals surface area contributed by atoms with Crippen molar-refractivity contribution in [3.8, 4) is 5.75 Å². The summed E-state index contributed by atoms with van der Waals surface area (Å²) in [5.41, 5.74) is 1.40. The van der Waals surface area contributed by atoms with Gasteiger partial charge >= 0.3 is 6.09 Å². The van der Waals surface area contributed by atoms with Gasteiger partial charge in [-0.2, -0.15) is 0 Å². The predicted molar refractivity (Wildman–Crippen MR) is 89.4 cm³/mol. The molecule has 24 heavy (non-hydrogen) atoms. The molecule has 1 aromatic rings. The van der Waals surface area contributed by atoms with Crippen LogP contribution in [0.25, 0.3) is 0 Å². The molecule has 0 radical (unpaired) electrons. The SMILES string of the molecule is CN(C(=O)OC(C)(C)C)[C@H]1CC[C@H](Oc2cc(F)ccc2N[O-])C1. The molecule has 6 nitrogen and oxygen atoms in total. The average molecular weight is 339 g/mol. The van der Waals surface area contributed by atoms with Crippen LogP contribution in [0.15, 0.2) is 18.2 Å². The smallest absolute Gasteiger partial charge is 0.410 e. The number of ether oxygens (including phenoxy) is 2. The first-order chi connectivity index (χ1) is 11.2. The molecule has 0 bridgehead atoms. The highest BCUT2D eigenvalue weighted by atomic mass is 19.1. The van der Waals surface area contributed by atoms with Gasteiger partial charge in [0.25, 0.3) is 0 Å². The highest BCUT2D eigenvalue weighted by Gasteiger charge is 2.33. The minimum Gasteiger partial charge on any atom is -0.761 e. The summed E-state index contributed by atoms with van der Waals surface area (Å²) in [6.07, 6.45) is 1.52. The van der Waals surface area contributed by atoms with E-state index in [2.05, 4.69) is 0 Å². The van der Waals surface area contributed by atoms with Crippen molar-refractivity contribution in [1.29, 1.82) is 0 Å². The molecule has 1 aliphatic rings. The van der Waals surface area contributed by atoms with E-state index in [1.54, 1.807) is 17.4 Å². The number of carbonyl (C=O) groups excluding carboxylic acids is 1. The van der Waals surface area contributed by atoms with Crippen molar-refractivity contribution in [2.45, 2.75) is 57.8 Å². The molecule has 0 aromatic heterocycles. The highest BCUT2D eigenvalue weighted by molar-refractivity contribution is 5.68. The van der Waals surface area contributed by atoms with Gasteiger partial charge in [-0.3, -0.25) is 0 Å². The van der Waals surface area contributed by atoms with E-state index in [4.69, 9.17) is 9.47 Å². The lowest BCUT2D eigenvalue weighted by molar-refractivity contribution is 0.0219. The summed E-state index contributed by atoms with van der Waals surface area (Å²) in [7, 11) is 1.70. The summed E-state index contributed by atoms with van der Waals surface area (Å²) < 4.78 is 24.5. The van der Waals surface area contributed by atoms with Crippen LogP contribution in [0.3, 0.4) is 0 Å². The third kappa shape index (κ3) is 4.74. The Morgan fingerprint density at radius 3 is 2.71 bits per heavy atom. The molecule has 1 amide bonds. The maximum Gasteiger partial charge on any atom is 0.410 e. The fraction of sp³-hybridized carbons (Fsp3) is 0.588. The number of rotatable bonds is 4. The van der Waals surface area contributed by atoms with Crippen LogP contribution in [-0.2, 0) is 4.74 Å². The van der Waals surface area contributed by atoms with Crippen molar-refractivity contribution in [1.82, 2.24) is 4.90 Å². The number of hydrogen-bond donors (Lipinski definition) is 1. The van der Waals surface area contributed by atoms with Gasteiger partial charge in [0.2, 0.25) is 0 Å². The Balaban J connectivity index is 1.96. The molecule has 1 fully saturated rings. The lowest BCUT2D eigenvalue weighted by Gasteiger charge is -2.28. The maximum absolute atomic E-state index is 13.3. The Labute approximate surface area is 141 Å². The average Bonchev–Trinajstić information content (AvgIpc) is 2.93. The second kappa shape index (κ2) is 7.25. The first kappa shape index (κ1) is 18.3. The molecule has 0 saturated heterocycles. The number of amides is 1. The maximum atomic E-state index is 13.3. The molecular weight excluding hydrogens is 315 g/mol. The zero-order valence-corrected chi connectivity index (χ0v) is 14.5. The van der Waals surface area contributed by atoms with E-state index in [0.717, 1.165) is 6.42 Å². The predicted octanol–water partition coefficient (Wildman–Crippen LogP) is 3.90. The van der Waals surface area contributed by atoms with E-state index >= 15 is 0 Å². The van der Waals surface area contributed by atoms with Gasteiger partial charge < -0.3 is 25.1 Å². The topological polar surface area (TPSA) is 73.9 Å². The van der Waals surface area contributed by atoms with E-state index < -0.39 is 11.4 Å². The van der Waals surface area contributed by atoms with Crippen molar-refractivity contribution < 1.29 is 18.7 Å². The van der Waals surface area contributed by atoms with Gasteiger partial charge in [-0.05, 0) is 45.7 Å². The van der Waals surface area contributed by atoms with Crippen LogP contribution < -0.4 is 10.2 Å². The summed E-state index contributed by atoms with van der Waals surface area (Å²) >= 11 is 0. The van der Waals surface area contributed by atoms with Crippen molar-refractivity contribution in [3.63, 3.8) is 0 Å². The number of hydrogen-bond acceptors (Lipinski definition) is 5. The monoisotopic (exact) mass is 339 g/mol. The molecule has 2 rings (SSSR count). The van der Waals surface area contributed by atoms with Crippen LogP contribution in [0.5, 0.6) is 5.75 Å². The zero-order valence-electron chi connectivity index (χ0n) is 14.5. The normalized spacial score (nSPS) is 20.6. The fourth-order valence-electron chi connectivity index (χ4n) is 2.72. The molecule has 0 spiro atoms. The summed E-state index contributed by atoms with van der Waals surface area (Å²) in [6.45, 7) is 5.46. The van der Waals surface area contributed by atoms with Crippen molar-refractivity contribution >= 4 is 11.8 Å². The lowest BCUT2D eigenvalue weighted by Crippen LogP contribution is -2.40. The lowest BCUT2D eigenvalue weighted by atomic mass is 10.2. The quantitative estimate of drug-likeness (QED) is 0.842. The molecular formula is C17H24FN2O4-. The van der Waals surface area contributed by atoms with Crippen LogP contribution in [-0.4, -0.2) is 35.8 Å². The molecule has 134 valence electrons. The standard InChI is InChI=1S/C17H24FN2O4/c1-17(2,3)24-16(21)20(4)12-6-7-13(10-12)23-15-9-11(18)5-8-14(15)19-22/h5,8-9,12-13,19H,6-7,10H2,1-4H3/q-1/t12-,13-/m0/s1. The van der Waals surface area contributed by atoms with Gasteiger partial charge in [-0.25, -0.2) is 9.18 Å². The molecule has 1 saturated carbocycles. The number of halogens is 1. The number of nitrogens with zero attached hydrogens (tertiary/aromatic N) is 1. The Morgan fingerprint density at radius 2 is 2.08 bits per heavy atom. The third-order valence-electron chi connectivity index (χ3n) is 3.93. The molecule has 1 aromatic carbocycles. The van der Waals surface area contributed by atoms with E-state index in [-0.39, 0.29) is 29.7 Å². The van der Waals surface area contributed by atoms with Gasteiger partial charge in [-0.15, -0.1) is 0 Å². The molecule has 0 unspecified atom stereocenters. The summed E-state index contributed by atoms with van der Waals surface area (Å²) in [4.78, 5) is 13.7. The molecule has 7 heteroatoms. The Kier molecular flexibility index (Phi) is 5.54. The minimum absolute atomic E-state index is 0.0120. The van der Waals surface area contributed by atoms with E-state index in [1.165, 1.54) is 18.2 Å². The van der Waals surface area contributed by atoms with Gasteiger partial charge in [0.1, 0.15) is 23.3 Å². The number of benzene rings is 1. The van der Waals surface area contributed by atoms with Crippen LogP contribution >= 0.6 is 0 Å². The van der Waals surface area contributed by atoms with Gasteiger partial charge in [0, 0.05) is 25.6 Å². The molecule has 1 aliphatic carbocycles. The highest BCUT2D eigenvalue weighted by Crippen LogP contribution is 2.32. The Morgan fingerprint density at radius 1 is 1.38 bits per heavy atom. The second-order valence-corrected chi connectivity index (χ2v) is 7.04. The summed E-state index contributed by atoms with van der Waals surface area (Å²) in [5, 5.41) is 10.9. The van der Waals surface area contributed by atoms with E-state index in [1.807, 2.05) is 20.8 Å². The number of anilines is 1. The summed E-state index contributed by atoms with van der Waals surface area (Å²) in [5.74, 6) is -0.278. The van der Waals surface area contributed by atoms with Crippen molar-refractivity contribution in [2.24, 2.45) is 0 Å². The Bertz CT molecular complexity index is 588. The number of nitrogens with one attached hydrogen (secondary N) is 1. The minimum atomic E-state index is -0.546. The number of carbonyl (C=O) groups is 1. The molecule has 2 atom stereocenters. The van der Waals surface area contributed by atoms with Crippen LogP contribution in [0.2, 0.25) is 0 Å². The molecule has 1 N–H and O–H groups in total. The second-order valence-electron chi connectivity index (χ2n) is 7.04. The van der Waals surface area contributed by atoms with Crippen molar-refractivity contribution in [2.75, 3.05) is 12.5 Å². The molecule has 0 heterocycles. The first-order valence-corrected chi connectivity index (χ1v) is 8.00. The first-order valence-electron chi connectivity index (χ1n) is 8.00. The van der Waals surface area contributed by atoms with Gasteiger partial charge in [0.05, 0.1) is 5.69 Å². The van der Waals surface area contributed by atoms with Crippen LogP contribution in [0.1, 0.15) is 40.0 Å². The Hall–Kier alpha value is -2.02.